The summed E-state index contributed by atoms with van der Waals surface area (Å²) in [6.07, 6.45) is 1.01. The van der Waals surface area contributed by atoms with Crippen LogP contribution in [0, 0.1) is 19.8 Å². The van der Waals surface area contributed by atoms with Crippen LogP contribution in [0.3, 0.4) is 0 Å². The third-order valence-electron chi connectivity index (χ3n) is 5.84. The molecule has 3 heteroatoms. The summed E-state index contributed by atoms with van der Waals surface area (Å²) >= 11 is 0. The average molecular weight is 334 g/mol. The van der Waals surface area contributed by atoms with Gasteiger partial charge in [0.2, 0.25) is 5.91 Å². The fourth-order valence-electron chi connectivity index (χ4n) is 4.02. The Morgan fingerprint density at radius 3 is 2.36 bits per heavy atom. The molecular formula is C22H26N2O. The van der Waals surface area contributed by atoms with E-state index in [4.69, 9.17) is 0 Å². The van der Waals surface area contributed by atoms with Crippen molar-refractivity contribution in [1.29, 1.82) is 0 Å². The van der Waals surface area contributed by atoms with Crippen LogP contribution >= 0.6 is 0 Å². The number of nitrogens with zero attached hydrogens (tertiary/aromatic N) is 2. The molecule has 25 heavy (non-hydrogen) atoms. The summed E-state index contributed by atoms with van der Waals surface area (Å²) in [7, 11) is 0. The van der Waals surface area contributed by atoms with Crippen LogP contribution in [0.15, 0.2) is 48.5 Å². The van der Waals surface area contributed by atoms with Crippen molar-refractivity contribution in [2.75, 3.05) is 31.1 Å². The number of aryl methyl sites for hydroxylation is 1. The quantitative estimate of drug-likeness (QED) is 0.853. The number of amides is 1. The maximum atomic E-state index is 12.8. The van der Waals surface area contributed by atoms with E-state index in [9.17, 15) is 4.79 Å². The number of hydrogen-bond donors (Lipinski definition) is 0. The van der Waals surface area contributed by atoms with Crippen molar-refractivity contribution in [3.8, 4) is 0 Å². The molecule has 0 spiro atoms. The zero-order valence-corrected chi connectivity index (χ0v) is 15.1. The Morgan fingerprint density at radius 1 is 0.920 bits per heavy atom. The van der Waals surface area contributed by atoms with E-state index in [1.165, 1.54) is 22.4 Å². The van der Waals surface area contributed by atoms with Gasteiger partial charge >= 0.3 is 0 Å². The van der Waals surface area contributed by atoms with Crippen LogP contribution in [-0.2, 0) is 4.79 Å². The summed E-state index contributed by atoms with van der Waals surface area (Å²) in [4.78, 5) is 17.3. The molecule has 3 nitrogen and oxygen atoms in total. The van der Waals surface area contributed by atoms with Crippen LogP contribution < -0.4 is 4.90 Å². The van der Waals surface area contributed by atoms with Gasteiger partial charge in [-0.05, 0) is 48.9 Å². The fourth-order valence-corrected chi connectivity index (χ4v) is 4.02. The van der Waals surface area contributed by atoms with Crippen LogP contribution in [0.25, 0.3) is 0 Å². The van der Waals surface area contributed by atoms with Crippen LogP contribution in [-0.4, -0.2) is 37.0 Å². The molecule has 1 aliphatic heterocycles. The van der Waals surface area contributed by atoms with Gasteiger partial charge in [-0.1, -0.05) is 42.5 Å². The van der Waals surface area contributed by atoms with Gasteiger partial charge in [0.25, 0.3) is 0 Å². The Bertz CT molecular complexity index is 763. The average Bonchev–Trinajstić information content (AvgIpc) is 3.45. The van der Waals surface area contributed by atoms with Crippen molar-refractivity contribution in [2.45, 2.75) is 26.2 Å². The molecule has 0 bridgehead atoms. The monoisotopic (exact) mass is 334 g/mol. The molecule has 2 aliphatic rings. The highest BCUT2D eigenvalue weighted by molar-refractivity contribution is 5.83. The molecule has 2 aromatic rings. The highest BCUT2D eigenvalue weighted by Gasteiger charge is 2.45. The van der Waals surface area contributed by atoms with Crippen molar-refractivity contribution in [1.82, 2.24) is 4.90 Å². The molecule has 1 aliphatic carbocycles. The van der Waals surface area contributed by atoms with E-state index in [1.807, 2.05) is 6.07 Å². The van der Waals surface area contributed by atoms with Crippen LogP contribution in [0.5, 0.6) is 0 Å². The van der Waals surface area contributed by atoms with Gasteiger partial charge in [0.05, 0.1) is 0 Å². The summed E-state index contributed by atoms with van der Waals surface area (Å²) < 4.78 is 0. The molecule has 130 valence electrons. The minimum absolute atomic E-state index is 0.203. The van der Waals surface area contributed by atoms with E-state index in [-0.39, 0.29) is 5.92 Å². The lowest BCUT2D eigenvalue weighted by Gasteiger charge is -2.37. The van der Waals surface area contributed by atoms with Crippen molar-refractivity contribution >= 4 is 11.6 Å². The first kappa shape index (κ1) is 16.2. The summed E-state index contributed by atoms with van der Waals surface area (Å²) in [5.41, 5.74) is 5.32. The Kier molecular flexibility index (Phi) is 4.24. The van der Waals surface area contributed by atoms with Crippen molar-refractivity contribution in [3.05, 3.63) is 65.2 Å². The van der Waals surface area contributed by atoms with Crippen LogP contribution in [0.2, 0.25) is 0 Å². The summed E-state index contributed by atoms with van der Waals surface area (Å²) in [6, 6.07) is 17.0. The zero-order valence-electron chi connectivity index (χ0n) is 15.1. The van der Waals surface area contributed by atoms with Gasteiger partial charge in [0.1, 0.15) is 0 Å². The fraction of sp³-hybridized carbons (Fsp3) is 0.409. The lowest BCUT2D eigenvalue weighted by molar-refractivity contribution is -0.132. The largest absolute Gasteiger partial charge is 0.368 e. The number of anilines is 1. The predicted molar refractivity (Wildman–Crippen MR) is 102 cm³/mol. The minimum atomic E-state index is 0.203. The van der Waals surface area contributed by atoms with Gasteiger partial charge in [-0.15, -0.1) is 0 Å². The van der Waals surface area contributed by atoms with E-state index < -0.39 is 0 Å². The van der Waals surface area contributed by atoms with Gasteiger partial charge in [-0.2, -0.15) is 0 Å². The summed E-state index contributed by atoms with van der Waals surface area (Å²) in [6.45, 7) is 7.89. The molecule has 1 saturated carbocycles. The molecule has 0 aromatic heterocycles. The lowest BCUT2D eigenvalue weighted by atomic mass is 10.1. The number of carbonyl (C=O) groups excluding carboxylic acids is 1. The lowest BCUT2D eigenvalue weighted by Crippen LogP contribution is -2.49. The van der Waals surface area contributed by atoms with Crippen molar-refractivity contribution in [2.24, 2.45) is 5.92 Å². The first-order chi connectivity index (χ1) is 12.1. The van der Waals surface area contributed by atoms with Gasteiger partial charge in [-0.25, -0.2) is 0 Å². The van der Waals surface area contributed by atoms with Crippen molar-refractivity contribution in [3.63, 3.8) is 0 Å². The number of piperazine rings is 1. The molecule has 0 radical (unpaired) electrons. The molecule has 2 atom stereocenters. The summed E-state index contributed by atoms with van der Waals surface area (Å²) in [5, 5.41) is 0. The third kappa shape index (κ3) is 3.15. The first-order valence-corrected chi connectivity index (χ1v) is 9.30. The van der Waals surface area contributed by atoms with E-state index in [1.54, 1.807) is 0 Å². The summed E-state index contributed by atoms with van der Waals surface area (Å²) in [5.74, 6) is 0.995. The molecule has 1 saturated heterocycles. The normalized spacial score (nSPS) is 22.8. The molecular weight excluding hydrogens is 308 g/mol. The van der Waals surface area contributed by atoms with Crippen molar-refractivity contribution < 1.29 is 4.79 Å². The van der Waals surface area contributed by atoms with Gasteiger partial charge in [0.15, 0.2) is 0 Å². The standard InChI is InChI=1S/C22H26N2O/c1-16-7-6-10-21(17(16)2)23-11-13-24(14-12-23)22(25)20-15-19(20)18-8-4-3-5-9-18/h3-10,19-20H,11-15H2,1-2H3/t19-,20-/m0/s1. The van der Waals surface area contributed by atoms with Crippen LogP contribution in [0.1, 0.15) is 29.0 Å². The number of hydrogen-bond acceptors (Lipinski definition) is 2. The molecule has 1 amide bonds. The number of rotatable bonds is 3. The second-order valence-corrected chi connectivity index (χ2v) is 7.39. The van der Waals surface area contributed by atoms with Gasteiger partial charge < -0.3 is 9.80 Å². The SMILES string of the molecule is Cc1cccc(N2CCN(C(=O)[C@H]3C[C@H]3c3ccccc3)CC2)c1C. The molecule has 2 aromatic carbocycles. The topological polar surface area (TPSA) is 23.6 Å². The van der Waals surface area contributed by atoms with E-state index >= 15 is 0 Å². The van der Waals surface area contributed by atoms with E-state index in [2.05, 4.69) is 66.1 Å². The molecule has 1 heterocycles. The molecule has 0 unspecified atom stereocenters. The zero-order chi connectivity index (χ0) is 17.4. The highest BCUT2D eigenvalue weighted by Crippen LogP contribution is 2.48. The van der Waals surface area contributed by atoms with Crippen LogP contribution in [0.4, 0.5) is 5.69 Å². The molecule has 4 rings (SSSR count). The third-order valence-corrected chi connectivity index (χ3v) is 5.84. The van der Waals surface area contributed by atoms with Gasteiger partial charge in [0, 0.05) is 37.8 Å². The molecule has 0 N–H and O–H groups in total. The smallest absolute Gasteiger partial charge is 0.226 e. The number of carbonyl (C=O) groups is 1. The van der Waals surface area contributed by atoms with E-state index in [0.29, 0.717) is 11.8 Å². The maximum Gasteiger partial charge on any atom is 0.226 e. The highest BCUT2D eigenvalue weighted by atomic mass is 16.2. The molecule has 2 fully saturated rings. The number of benzene rings is 2. The predicted octanol–water partition coefficient (Wildman–Crippen LogP) is 3.76. The van der Waals surface area contributed by atoms with E-state index in [0.717, 1.165) is 32.6 Å². The Hall–Kier alpha value is -2.29. The Morgan fingerprint density at radius 2 is 1.64 bits per heavy atom. The Labute approximate surface area is 150 Å². The first-order valence-electron chi connectivity index (χ1n) is 9.30. The minimum Gasteiger partial charge on any atom is -0.368 e. The maximum absolute atomic E-state index is 12.8. The second-order valence-electron chi connectivity index (χ2n) is 7.39. The Balaban J connectivity index is 1.36. The second kappa shape index (κ2) is 6.55. The van der Waals surface area contributed by atoms with Gasteiger partial charge in [-0.3, -0.25) is 4.79 Å².